The second-order valence-corrected chi connectivity index (χ2v) is 7.60. The maximum Gasteiger partial charge on any atom is 0.340 e. The minimum Gasteiger partial charge on any atom is -0.465 e. The molecule has 2 aliphatic heterocycles. The van der Waals surface area contributed by atoms with Gasteiger partial charge >= 0.3 is 17.9 Å². The average molecular weight is 388 g/mol. The summed E-state index contributed by atoms with van der Waals surface area (Å²) in [5.41, 5.74) is 0.708. The van der Waals surface area contributed by atoms with Crippen molar-refractivity contribution >= 4 is 17.9 Å². The van der Waals surface area contributed by atoms with Crippen molar-refractivity contribution in [2.24, 2.45) is 11.3 Å². The van der Waals surface area contributed by atoms with Crippen LogP contribution in [0.25, 0.3) is 0 Å². The molecular weight excluding hydrogens is 364 g/mol. The Labute approximate surface area is 163 Å². The molecule has 0 bridgehead atoms. The molecule has 1 fully saturated rings. The Bertz CT molecular complexity index is 804. The Morgan fingerprint density at radius 1 is 1.36 bits per heavy atom. The summed E-state index contributed by atoms with van der Waals surface area (Å²) >= 11 is 0. The smallest absolute Gasteiger partial charge is 0.340 e. The number of cyclic esters (lactones) is 2. The Hall–Kier alpha value is -2.67. The van der Waals surface area contributed by atoms with Crippen LogP contribution < -0.4 is 0 Å². The Morgan fingerprint density at radius 3 is 2.75 bits per heavy atom. The maximum atomic E-state index is 12.8. The third-order valence-electron chi connectivity index (χ3n) is 5.67. The summed E-state index contributed by atoms with van der Waals surface area (Å²) in [4.78, 5) is 36.7. The van der Waals surface area contributed by atoms with Crippen LogP contribution in [0.4, 0.5) is 0 Å². The number of rotatable bonds is 2. The quantitative estimate of drug-likeness (QED) is 0.571. The van der Waals surface area contributed by atoms with Crippen molar-refractivity contribution in [2.75, 3.05) is 7.11 Å². The lowest BCUT2D eigenvalue weighted by Crippen LogP contribution is -2.46. The van der Waals surface area contributed by atoms with E-state index in [2.05, 4.69) is 6.58 Å². The van der Waals surface area contributed by atoms with Crippen molar-refractivity contribution in [3.63, 3.8) is 0 Å². The number of aliphatic hydroxyl groups is 1. The first-order valence-corrected chi connectivity index (χ1v) is 9.19. The highest BCUT2D eigenvalue weighted by Crippen LogP contribution is 2.47. The molecule has 0 aromatic rings. The fraction of sp³-hybridized carbons (Fsp3) is 0.476. The molecule has 0 aromatic heterocycles. The van der Waals surface area contributed by atoms with E-state index in [0.717, 1.165) is 0 Å². The largest absolute Gasteiger partial charge is 0.465 e. The summed E-state index contributed by atoms with van der Waals surface area (Å²) in [6, 6.07) is 0. The van der Waals surface area contributed by atoms with Crippen LogP contribution in [0.3, 0.4) is 0 Å². The van der Waals surface area contributed by atoms with E-state index < -0.39 is 41.6 Å². The molecule has 3 rings (SSSR count). The molecule has 28 heavy (non-hydrogen) atoms. The molecule has 7 heteroatoms. The van der Waals surface area contributed by atoms with Gasteiger partial charge in [0.1, 0.15) is 6.10 Å². The zero-order valence-corrected chi connectivity index (χ0v) is 16.0. The highest BCUT2D eigenvalue weighted by molar-refractivity contribution is 5.94. The number of fused-ring (bicyclic) bond motifs is 1. The molecule has 0 radical (unpaired) electrons. The molecule has 4 unspecified atom stereocenters. The van der Waals surface area contributed by atoms with Crippen LogP contribution in [0.5, 0.6) is 0 Å². The minimum atomic E-state index is -1.30. The van der Waals surface area contributed by atoms with Crippen LogP contribution in [0, 0.1) is 11.3 Å². The van der Waals surface area contributed by atoms with Crippen LogP contribution >= 0.6 is 0 Å². The molecule has 2 heterocycles. The zero-order valence-electron chi connectivity index (χ0n) is 16.0. The van der Waals surface area contributed by atoms with E-state index in [1.807, 2.05) is 13.0 Å². The van der Waals surface area contributed by atoms with Gasteiger partial charge in [-0.25, -0.2) is 9.59 Å². The van der Waals surface area contributed by atoms with Gasteiger partial charge in [0.25, 0.3) is 0 Å². The van der Waals surface area contributed by atoms with Crippen molar-refractivity contribution in [1.29, 1.82) is 0 Å². The number of hydrogen-bond acceptors (Lipinski definition) is 7. The fourth-order valence-corrected chi connectivity index (χ4v) is 4.05. The highest BCUT2D eigenvalue weighted by Gasteiger charge is 2.49. The topological polar surface area (TPSA) is 99.1 Å². The molecule has 0 spiro atoms. The van der Waals surface area contributed by atoms with E-state index in [-0.39, 0.29) is 5.57 Å². The van der Waals surface area contributed by atoms with Gasteiger partial charge in [-0.2, -0.15) is 0 Å². The lowest BCUT2D eigenvalue weighted by atomic mass is 9.66. The molecule has 0 amide bonds. The van der Waals surface area contributed by atoms with Crippen molar-refractivity contribution in [3.8, 4) is 0 Å². The van der Waals surface area contributed by atoms with Gasteiger partial charge in [-0.3, -0.25) is 4.79 Å². The summed E-state index contributed by atoms with van der Waals surface area (Å²) in [6.07, 6.45) is 6.45. The van der Waals surface area contributed by atoms with Crippen LogP contribution in [0.2, 0.25) is 0 Å². The molecular formula is C21H24O7. The number of carbonyl (C=O) groups excluding carboxylic acids is 3. The minimum absolute atomic E-state index is 0.180. The van der Waals surface area contributed by atoms with E-state index in [1.54, 1.807) is 12.2 Å². The van der Waals surface area contributed by atoms with Gasteiger partial charge in [0, 0.05) is 0 Å². The van der Waals surface area contributed by atoms with Crippen molar-refractivity contribution in [3.05, 3.63) is 47.6 Å². The van der Waals surface area contributed by atoms with Crippen molar-refractivity contribution < 1.29 is 33.7 Å². The summed E-state index contributed by atoms with van der Waals surface area (Å²) in [7, 11) is 1.31. The number of ether oxygens (including phenoxy) is 3. The van der Waals surface area contributed by atoms with Gasteiger partial charge in [-0.15, -0.1) is 0 Å². The second-order valence-electron chi connectivity index (χ2n) is 7.60. The highest BCUT2D eigenvalue weighted by atomic mass is 16.6. The molecule has 1 saturated heterocycles. The summed E-state index contributed by atoms with van der Waals surface area (Å²) in [6.45, 7) is 5.96. The predicted molar refractivity (Wildman–Crippen MR) is 98.5 cm³/mol. The Balaban J connectivity index is 1.88. The first-order valence-electron chi connectivity index (χ1n) is 9.19. The number of esters is 3. The zero-order chi connectivity index (χ0) is 20.5. The van der Waals surface area contributed by atoms with Crippen LogP contribution in [0.15, 0.2) is 47.6 Å². The standard InChI is InChI=1S/C21H24O7/c1-12-7-8-15-20(25)27-16(14-10-17(22)28-19(14)24)11-21(15,2)9-5-4-6-13(12)18(23)26-3/h4-6,10,15-17,22H,1,7-9,11H2,2-3H3. The van der Waals surface area contributed by atoms with Crippen LogP contribution in [-0.4, -0.2) is 42.5 Å². The monoisotopic (exact) mass is 388 g/mol. The van der Waals surface area contributed by atoms with Gasteiger partial charge in [0.15, 0.2) is 0 Å². The molecule has 1 N–H and O–H groups in total. The third kappa shape index (κ3) is 3.80. The SMILES string of the molecule is C=C1CCC2C(=O)OC(C3=CC(O)OC3=O)CC2(C)CC=CC=C1C(=O)OC. The number of aliphatic hydroxyl groups excluding tert-OH is 1. The van der Waals surface area contributed by atoms with Gasteiger partial charge in [-0.05, 0) is 48.8 Å². The number of carbonyl (C=O) groups is 3. The van der Waals surface area contributed by atoms with E-state index >= 15 is 0 Å². The molecule has 0 aromatic carbocycles. The van der Waals surface area contributed by atoms with Crippen LogP contribution in [-0.2, 0) is 28.6 Å². The van der Waals surface area contributed by atoms with E-state index in [1.165, 1.54) is 13.2 Å². The molecule has 7 nitrogen and oxygen atoms in total. The summed E-state index contributed by atoms with van der Waals surface area (Å²) in [5, 5.41) is 9.51. The van der Waals surface area contributed by atoms with Gasteiger partial charge in [0.2, 0.25) is 6.29 Å². The number of hydrogen-bond donors (Lipinski definition) is 1. The van der Waals surface area contributed by atoms with Gasteiger partial charge < -0.3 is 19.3 Å². The molecule has 0 saturated carbocycles. The summed E-state index contributed by atoms with van der Waals surface area (Å²) < 4.78 is 15.1. The molecule has 4 atom stereocenters. The molecule has 3 aliphatic rings. The molecule has 1 aliphatic carbocycles. The lowest BCUT2D eigenvalue weighted by Gasteiger charge is -2.43. The average Bonchev–Trinajstić information content (AvgIpc) is 2.98. The third-order valence-corrected chi connectivity index (χ3v) is 5.67. The lowest BCUT2D eigenvalue weighted by molar-refractivity contribution is -0.170. The summed E-state index contributed by atoms with van der Waals surface area (Å²) in [5.74, 6) is -1.94. The van der Waals surface area contributed by atoms with E-state index in [4.69, 9.17) is 14.2 Å². The van der Waals surface area contributed by atoms with Crippen molar-refractivity contribution in [2.45, 2.75) is 45.0 Å². The van der Waals surface area contributed by atoms with Crippen molar-refractivity contribution in [1.82, 2.24) is 0 Å². The number of allylic oxidation sites excluding steroid dienone is 3. The van der Waals surface area contributed by atoms with E-state index in [9.17, 15) is 19.5 Å². The number of methoxy groups -OCH3 is 1. The predicted octanol–water partition coefficient (Wildman–Crippen LogP) is 2.12. The normalized spacial score (nSPS) is 33.2. The fourth-order valence-electron chi connectivity index (χ4n) is 4.05. The molecule has 150 valence electrons. The second kappa shape index (κ2) is 7.75. The van der Waals surface area contributed by atoms with Gasteiger partial charge in [0.05, 0.1) is 24.2 Å². The van der Waals surface area contributed by atoms with E-state index in [0.29, 0.717) is 36.8 Å². The Kier molecular flexibility index (Phi) is 5.56. The maximum absolute atomic E-state index is 12.8. The van der Waals surface area contributed by atoms with Gasteiger partial charge in [-0.1, -0.05) is 25.7 Å². The first-order chi connectivity index (χ1) is 13.2. The Morgan fingerprint density at radius 2 is 2.11 bits per heavy atom. The van der Waals surface area contributed by atoms with Crippen LogP contribution in [0.1, 0.15) is 32.6 Å². The first kappa shape index (κ1) is 20.1.